The van der Waals surface area contributed by atoms with E-state index in [1.54, 1.807) is 37.3 Å². The van der Waals surface area contributed by atoms with Crippen molar-refractivity contribution in [3.05, 3.63) is 77.3 Å². The Kier molecular flexibility index (Phi) is 5.72. The number of hydrogen-bond donors (Lipinski definition) is 1. The predicted molar refractivity (Wildman–Crippen MR) is 114 cm³/mol. The molecule has 150 valence electrons. The molecule has 30 heavy (non-hydrogen) atoms. The summed E-state index contributed by atoms with van der Waals surface area (Å²) < 4.78 is 10.6. The SMILES string of the molecule is CCOC(=O)c1c(-c2ccc(Cl)cc2)noc1Nc1ccc(-c2ccccc2)nn1. The number of rotatable bonds is 6. The Balaban J connectivity index is 1.65. The Bertz CT molecular complexity index is 1140. The number of carbonyl (C=O) groups excluding carboxylic acids is 1. The fraction of sp³-hybridized carbons (Fsp3) is 0.0909. The van der Waals surface area contributed by atoms with Gasteiger partial charge >= 0.3 is 5.97 Å². The molecule has 2 heterocycles. The van der Waals surface area contributed by atoms with Crippen LogP contribution in [0.5, 0.6) is 0 Å². The van der Waals surface area contributed by atoms with Crippen molar-refractivity contribution in [1.29, 1.82) is 0 Å². The van der Waals surface area contributed by atoms with Gasteiger partial charge in [0.25, 0.3) is 0 Å². The van der Waals surface area contributed by atoms with Crippen LogP contribution in [0.15, 0.2) is 71.3 Å². The molecular formula is C22H17ClN4O3. The first kappa shape index (κ1) is 19.6. The molecule has 0 amide bonds. The molecule has 0 aliphatic heterocycles. The number of aromatic nitrogens is 3. The average molecular weight is 421 g/mol. The van der Waals surface area contributed by atoms with E-state index >= 15 is 0 Å². The number of anilines is 2. The van der Waals surface area contributed by atoms with Gasteiger partial charge in [0, 0.05) is 16.1 Å². The van der Waals surface area contributed by atoms with Gasteiger partial charge in [0.2, 0.25) is 5.88 Å². The van der Waals surface area contributed by atoms with Crippen LogP contribution in [0.4, 0.5) is 11.7 Å². The van der Waals surface area contributed by atoms with Crippen LogP contribution in [0.1, 0.15) is 17.3 Å². The minimum atomic E-state index is -0.555. The van der Waals surface area contributed by atoms with Gasteiger partial charge in [-0.15, -0.1) is 10.2 Å². The highest BCUT2D eigenvalue weighted by Crippen LogP contribution is 2.32. The van der Waals surface area contributed by atoms with Gasteiger partial charge in [-0.2, -0.15) is 0 Å². The van der Waals surface area contributed by atoms with E-state index in [4.69, 9.17) is 20.9 Å². The van der Waals surface area contributed by atoms with Crippen LogP contribution in [-0.4, -0.2) is 27.9 Å². The summed E-state index contributed by atoms with van der Waals surface area (Å²) in [6.07, 6.45) is 0. The maximum absolute atomic E-state index is 12.6. The number of nitrogens with one attached hydrogen (secondary N) is 1. The lowest BCUT2D eigenvalue weighted by Crippen LogP contribution is -2.08. The minimum absolute atomic E-state index is 0.125. The zero-order valence-electron chi connectivity index (χ0n) is 16.0. The fourth-order valence-corrected chi connectivity index (χ4v) is 2.98. The molecule has 0 atom stereocenters. The second-order valence-electron chi connectivity index (χ2n) is 6.26. The van der Waals surface area contributed by atoms with Crippen molar-refractivity contribution in [2.45, 2.75) is 6.92 Å². The van der Waals surface area contributed by atoms with E-state index in [0.29, 0.717) is 22.1 Å². The van der Waals surface area contributed by atoms with Gasteiger partial charge in [0.15, 0.2) is 11.4 Å². The molecular weight excluding hydrogens is 404 g/mol. The Morgan fingerprint density at radius 1 is 1.00 bits per heavy atom. The molecule has 0 unspecified atom stereocenters. The first-order valence-corrected chi connectivity index (χ1v) is 9.62. The monoisotopic (exact) mass is 420 g/mol. The van der Waals surface area contributed by atoms with E-state index in [2.05, 4.69) is 20.7 Å². The molecule has 8 heteroatoms. The normalized spacial score (nSPS) is 10.6. The first-order chi connectivity index (χ1) is 14.7. The maximum atomic E-state index is 12.6. The van der Waals surface area contributed by atoms with Gasteiger partial charge in [0.05, 0.1) is 12.3 Å². The number of halogens is 1. The lowest BCUT2D eigenvalue weighted by molar-refractivity contribution is 0.0528. The summed E-state index contributed by atoms with van der Waals surface area (Å²) in [5, 5.41) is 16.0. The standard InChI is InChI=1S/C22H17ClN4O3/c1-2-29-22(28)19-20(15-8-10-16(23)11-9-15)27-30-21(19)24-18-13-12-17(25-26-18)14-6-4-3-5-7-14/h3-13H,2H2,1H3,(H,24,26). The molecule has 0 fully saturated rings. The zero-order chi connectivity index (χ0) is 20.9. The molecule has 2 aromatic carbocycles. The summed E-state index contributed by atoms with van der Waals surface area (Å²) in [6, 6.07) is 20.2. The molecule has 0 saturated carbocycles. The molecule has 0 saturated heterocycles. The van der Waals surface area contributed by atoms with Crippen molar-refractivity contribution in [2.75, 3.05) is 11.9 Å². The highest BCUT2D eigenvalue weighted by atomic mass is 35.5. The third-order valence-electron chi connectivity index (χ3n) is 4.26. The van der Waals surface area contributed by atoms with Crippen LogP contribution >= 0.6 is 11.6 Å². The van der Waals surface area contributed by atoms with Gasteiger partial charge in [-0.3, -0.25) is 0 Å². The number of benzene rings is 2. The number of nitrogens with zero attached hydrogens (tertiary/aromatic N) is 3. The van der Waals surface area contributed by atoms with Crippen molar-refractivity contribution in [2.24, 2.45) is 0 Å². The van der Waals surface area contributed by atoms with Crippen molar-refractivity contribution in [3.8, 4) is 22.5 Å². The van der Waals surface area contributed by atoms with Crippen LogP contribution in [-0.2, 0) is 4.74 Å². The smallest absolute Gasteiger partial charge is 0.346 e. The van der Waals surface area contributed by atoms with Crippen LogP contribution < -0.4 is 5.32 Å². The molecule has 0 radical (unpaired) electrons. The van der Waals surface area contributed by atoms with Gasteiger partial charge in [-0.1, -0.05) is 59.2 Å². The summed E-state index contributed by atoms with van der Waals surface area (Å²) in [4.78, 5) is 12.6. The quantitative estimate of drug-likeness (QED) is 0.419. The maximum Gasteiger partial charge on any atom is 0.346 e. The van der Waals surface area contributed by atoms with E-state index in [9.17, 15) is 4.79 Å². The Labute approximate surface area is 177 Å². The molecule has 1 N–H and O–H groups in total. The van der Waals surface area contributed by atoms with Crippen molar-refractivity contribution < 1.29 is 14.1 Å². The van der Waals surface area contributed by atoms with Crippen molar-refractivity contribution in [3.63, 3.8) is 0 Å². The lowest BCUT2D eigenvalue weighted by Gasteiger charge is -2.06. The molecule has 2 aromatic heterocycles. The molecule has 0 aliphatic carbocycles. The number of hydrogen-bond acceptors (Lipinski definition) is 7. The molecule has 0 bridgehead atoms. The summed E-state index contributed by atoms with van der Waals surface area (Å²) in [6.45, 7) is 1.95. The molecule has 4 aromatic rings. The first-order valence-electron chi connectivity index (χ1n) is 9.24. The zero-order valence-corrected chi connectivity index (χ0v) is 16.8. The van der Waals surface area contributed by atoms with Crippen LogP contribution in [0.3, 0.4) is 0 Å². The van der Waals surface area contributed by atoms with E-state index < -0.39 is 5.97 Å². The highest BCUT2D eigenvalue weighted by Gasteiger charge is 2.26. The van der Waals surface area contributed by atoms with Crippen LogP contribution in [0.25, 0.3) is 22.5 Å². The molecule has 7 nitrogen and oxygen atoms in total. The minimum Gasteiger partial charge on any atom is -0.462 e. The van der Waals surface area contributed by atoms with Crippen LogP contribution in [0, 0.1) is 0 Å². The Morgan fingerprint density at radius 3 is 2.43 bits per heavy atom. The third-order valence-corrected chi connectivity index (χ3v) is 4.52. The highest BCUT2D eigenvalue weighted by molar-refractivity contribution is 6.30. The van der Waals surface area contributed by atoms with Gasteiger partial charge in [0.1, 0.15) is 5.69 Å². The second-order valence-corrected chi connectivity index (χ2v) is 6.69. The molecule has 0 aliphatic rings. The topological polar surface area (TPSA) is 90.1 Å². The number of carbonyl (C=O) groups is 1. The number of esters is 1. The summed E-state index contributed by atoms with van der Waals surface area (Å²) in [5.74, 6) is -0.0285. The Hall–Kier alpha value is -3.71. The molecule has 0 spiro atoms. The van der Waals surface area contributed by atoms with E-state index in [1.807, 2.05) is 36.4 Å². The van der Waals surface area contributed by atoms with E-state index in [0.717, 1.165) is 11.3 Å². The van der Waals surface area contributed by atoms with Crippen LogP contribution in [0.2, 0.25) is 5.02 Å². The largest absolute Gasteiger partial charge is 0.462 e. The summed E-state index contributed by atoms with van der Waals surface area (Å²) in [7, 11) is 0. The van der Waals surface area contributed by atoms with Gasteiger partial charge in [-0.05, 0) is 31.2 Å². The van der Waals surface area contributed by atoms with E-state index in [1.165, 1.54) is 0 Å². The predicted octanol–water partition coefficient (Wildman–Crippen LogP) is 5.37. The molecule has 4 rings (SSSR count). The second kappa shape index (κ2) is 8.75. The lowest BCUT2D eigenvalue weighted by atomic mass is 10.1. The van der Waals surface area contributed by atoms with E-state index in [-0.39, 0.29) is 18.1 Å². The fourth-order valence-electron chi connectivity index (χ4n) is 2.85. The number of ether oxygens (including phenoxy) is 1. The average Bonchev–Trinajstić information content (AvgIpc) is 3.19. The van der Waals surface area contributed by atoms with Gasteiger partial charge in [-0.25, -0.2) is 4.79 Å². The van der Waals surface area contributed by atoms with Gasteiger partial charge < -0.3 is 14.6 Å². The summed E-state index contributed by atoms with van der Waals surface area (Å²) in [5.41, 5.74) is 2.87. The summed E-state index contributed by atoms with van der Waals surface area (Å²) >= 11 is 5.96. The Morgan fingerprint density at radius 2 is 1.77 bits per heavy atom. The van der Waals surface area contributed by atoms with Crippen molar-refractivity contribution in [1.82, 2.24) is 15.4 Å². The van der Waals surface area contributed by atoms with Crippen molar-refractivity contribution >= 4 is 29.3 Å². The third kappa shape index (κ3) is 4.16.